The summed E-state index contributed by atoms with van der Waals surface area (Å²) in [6.45, 7) is 1.95. The predicted molar refractivity (Wildman–Crippen MR) is 77.1 cm³/mol. The quantitative estimate of drug-likeness (QED) is 0.868. The van der Waals surface area contributed by atoms with Gasteiger partial charge in [0.25, 0.3) is 0 Å². The molecule has 1 saturated carbocycles. The summed E-state index contributed by atoms with van der Waals surface area (Å²) in [5, 5.41) is 2.98. The number of carbonyl (C=O) groups excluding carboxylic acids is 1. The number of hydrogen-bond donors (Lipinski definition) is 2. The van der Waals surface area contributed by atoms with Crippen LogP contribution < -0.4 is 16.0 Å². The number of amides is 1. The highest BCUT2D eigenvalue weighted by Crippen LogP contribution is 2.38. The SMILES string of the molecule is CN(C)c1ncccc1NC(=O)C1(C)CCCC1N. The fourth-order valence-corrected chi connectivity index (χ4v) is 2.59. The van der Waals surface area contributed by atoms with Crippen molar-refractivity contribution in [3.63, 3.8) is 0 Å². The molecule has 3 N–H and O–H groups in total. The van der Waals surface area contributed by atoms with Gasteiger partial charge in [-0.25, -0.2) is 4.98 Å². The zero-order valence-electron chi connectivity index (χ0n) is 11.8. The number of pyridine rings is 1. The van der Waals surface area contributed by atoms with Crippen LogP contribution in [0, 0.1) is 5.41 Å². The largest absolute Gasteiger partial charge is 0.361 e. The summed E-state index contributed by atoms with van der Waals surface area (Å²) in [5.41, 5.74) is 6.34. The lowest BCUT2D eigenvalue weighted by atomic mass is 9.84. The molecule has 1 heterocycles. The summed E-state index contributed by atoms with van der Waals surface area (Å²) in [5.74, 6) is 0.750. The van der Waals surface area contributed by atoms with Gasteiger partial charge in [-0.15, -0.1) is 0 Å². The summed E-state index contributed by atoms with van der Waals surface area (Å²) in [6.07, 6.45) is 4.49. The topological polar surface area (TPSA) is 71.2 Å². The van der Waals surface area contributed by atoms with Crippen molar-refractivity contribution in [2.45, 2.75) is 32.2 Å². The van der Waals surface area contributed by atoms with Crippen molar-refractivity contribution >= 4 is 17.4 Å². The average molecular weight is 262 g/mol. The second kappa shape index (κ2) is 5.17. The third-order valence-corrected chi connectivity index (χ3v) is 4.01. The normalized spacial score (nSPS) is 26.2. The van der Waals surface area contributed by atoms with Crippen molar-refractivity contribution in [2.24, 2.45) is 11.1 Å². The van der Waals surface area contributed by atoms with Gasteiger partial charge in [0.2, 0.25) is 5.91 Å². The van der Waals surface area contributed by atoms with Crippen molar-refractivity contribution < 1.29 is 4.79 Å². The van der Waals surface area contributed by atoms with Crippen LogP contribution in [0.3, 0.4) is 0 Å². The molecule has 0 bridgehead atoms. The van der Waals surface area contributed by atoms with Gasteiger partial charge in [0.1, 0.15) is 0 Å². The molecule has 1 aliphatic rings. The van der Waals surface area contributed by atoms with Crippen LogP contribution in [-0.2, 0) is 4.79 Å². The van der Waals surface area contributed by atoms with Gasteiger partial charge in [-0.05, 0) is 31.9 Å². The van der Waals surface area contributed by atoms with Gasteiger partial charge < -0.3 is 16.0 Å². The molecule has 0 aromatic carbocycles. The van der Waals surface area contributed by atoms with E-state index >= 15 is 0 Å². The molecule has 2 atom stereocenters. The molecular formula is C14H22N4O. The summed E-state index contributed by atoms with van der Waals surface area (Å²) < 4.78 is 0. The van der Waals surface area contributed by atoms with Gasteiger partial charge in [0.05, 0.1) is 11.1 Å². The first-order valence-corrected chi connectivity index (χ1v) is 6.64. The molecule has 0 saturated heterocycles. The van der Waals surface area contributed by atoms with E-state index in [1.807, 2.05) is 38.1 Å². The first kappa shape index (κ1) is 13.8. The lowest BCUT2D eigenvalue weighted by molar-refractivity contribution is -0.125. The van der Waals surface area contributed by atoms with Crippen molar-refractivity contribution in [3.8, 4) is 0 Å². The van der Waals surface area contributed by atoms with Crippen LogP contribution in [0.4, 0.5) is 11.5 Å². The minimum Gasteiger partial charge on any atom is -0.361 e. The second-order valence-electron chi connectivity index (χ2n) is 5.64. The van der Waals surface area contributed by atoms with Crippen LogP contribution in [0.5, 0.6) is 0 Å². The maximum Gasteiger partial charge on any atom is 0.231 e. The summed E-state index contributed by atoms with van der Waals surface area (Å²) >= 11 is 0. The predicted octanol–water partition coefficient (Wildman–Crippen LogP) is 1.60. The molecule has 1 aromatic heterocycles. The lowest BCUT2D eigenvalue weighted by Gasteiger charge is -2.28. The maximum atomic E-state index is 12.5. The van der Waals surface area contributed by atoms with E-state index in [9.17, 15) is 4.79 Å². The fraction of sp³-hybridized carbons (Fsp3) is 0.571. The van der Waals surface area contributed by atoms with E-state index in [1.54, 1.807) is 6.20 Å². The zero-order valence-corrected chi connectivity index (χ0v) is 11.8. The number of rotatable bonds is 3. The highest BCUT2D eigenvalue weighted by atomic mass is 16.2. The monoisotopic (exact) mass is 262 g/mol. The van der Waals surface area contributed by atoms with Crippen LogP contribution in [0.15, 0.2) is 18.3 Å². The Morgan fingerprint density at radius 2 is 2.32 bits per heavy atom. The molecule has 104 valence electrons. The number of nitrogens with one attached hydrogen (secondary N) is 1. The Labute approximate surface area is 114 Å². The van der Waals surface area contributed by atoms with Gasteiger partial charge in [-0.1, -0.05) is 6.42 Å². The van der Waals surface area contributed by atoms with Gasteiger partial charge in [0, 0.05) is 26.3 Å². The van der Waals surface area contributed by atoms with E-state index in [1.165, 1.54) is 0 Å². The maximum absolute atomic E-state index is 12.5. The number of nitrogens with two attached hydrogens (primary N) is 1. The van der Waals surface area contributed by atoms with E-state index in [2.05, 4.69) is 10.3 Å². The molecule has 19 heavy (non-hydrogen) atoms. The van der Waals surface area contributed by atoms with Crippen molar-refractivity contribution in [1.82, 2.24) is 4.98 Å². The molecule has 2 rings (SSSR count). The summed E-state index contributed by atoms with van der Waals surface area (Å²) in [7, 11) is 3.81. The van der Waals surface area contributed by atoms with Crippen molar-refractivity contribution in [2.75, 3.05) is 24.3 Å². The Kier molecular flexibility index (Phi) is 3.75. The Bertz CT molecular complexity index is 474. The van der Waals surface area contributed by atoms with Crippen LogP contribution in [-0.4, -0.2) is 31.0 Å². The smallest absolute Gasteiger partial charge is 0.231 e. The minimum absolute atomic E-state index is 0.00593. The third-order valence-electron chi connectivity index (χ3n) is 4.01. The number of carbonyl (C=O) groups is 1. The average Bonchev–Trinajstić information content (AvgIpc) is 2.71. The van der Waals surface area contributed by atoms with E-state index in [4.69, 9.17) is 5.73 Å². The van der Waals surface area contributed by atoms with E-state index in [0.29, 0.717) is 0 Å². The first-order valence-electron chi connectivity index (χ1n) is 6.64. The number of aromatic nitrogens is 1. The van der Waals surface area contributed by atoms with Crippen LogP contribution >= 0.6 is 0 Å². The van der Waals surface area contributed by atoms with Gasteiger partial charge in [-0.2, -0.15) is 0 Å². The standard InChI is InChI=1S/C14H22N4O/c1-14(8-4-7-11(14)15)13(19)17-10-6-5-9-16-12(10)18(2)3/h5-6,9,11H,4,7-8,15H2,1-3H3,(H,17,19). The van der Waals surface area contributed by atoms with Crippen molar-refractivity contribution in [1.29, 1.82) is 0 Å². The minimum atomic E-state index is -0.473. The molecule has 2 unspecified atom stereocenters. The number of hydrogen-bond acceptors (Lipinski definition) is 4. The molecule has 1 aliphatic carbocycles. The molecule has 0 spiro atoms. The van der Waals surface area contributed by atoms with Gasteiger partial charge in [-0.3, -0.25) is 4.79 Å². The highest BCUT2D eigenvalue weighted by Gasteiger charge is 2.43. The Balaban J connectivity index is 2.20. The third kappa shape index (κ3) is 2.56. The van der Waals surface area contributed by atoms with Crippen LogP contribution in [0.25, 0.3) is 0 Å². The Morgan fingerprint density at radius 1 is 1.58 bits per heavy atom. The lowest BCUT2D eigenvalue weighted by Crippen LogP contribution is -2.44. The molecule has 1 aromatic rings. The van der Waals surface area contributed by atoms with Crippen LogP contribution in [0.1, 0.15) is 26.2 Å². The number of nitrogens with zero attached hydrogens (tertiary/aromatic N) is 2. The van der Waals surface area contributed by atoms with Gasteiger partial charge >= 0.3 is 0 Å². The second-order valence-corrected chi connectivity index (χ2v) is 5.64. The van der Waals surface area contributed by atoms with Gasteiger partial charge in [0.15, 0.2) is 5.82 Å². The zero-order chi connectivity index (χ0) is 14.0. The Morgan fingerprint density at radius 3 is 2.89 bits per heavy atom. The molecule has 1 fully saturated rings. The molecule has 5 heteroatoms. The van der Waals surface area contributed by atoms with Crippen LogP contribution in [0.2, 0.25) is 0 Å². The van der Waals surface area contributed by atoms with E-state index in [-0.39, 0.29) is 11.9 Å². The fourth-order valence-electron chi connectivity index (χ4n) is 2.59. The summed E-state index contributed by atoms with van der Waals surface area (Å²) in [6, 6.07) is 3.62. The molecule has 1 amide bonds. The molecule has 0 aliphatic heterocycles. The number of anilines is 2. The highest BCUT2D eigenvalue weighted by molar-refractivity contribution is 5.98. The molecular weight excluding hydrogens is 240 g/mol. The van der Waals surface area contributed by atoms with E-state index in [0.717, 1.165) is 30.8 Å². The molecule has 5 nitrogen and oxygen atoms in total. The first-order chi connectivity index (χ1) is 8.95. The summed E-state index contributed by atoms with van der Waals surface area (Å²) in [4.78, 5) is 18.6. The Hall–Kier alpha value is -1.62. The van der Waals surface area contributed by atoms with E-state index < -0.39 is 5.41 Å². The van der Waals surface area contributed by atoms with Crippen molar-refractivity contribution in [3.05, 3.63) is 18.3 Å². The molecule has 0 radical (unpaired) electrons.